The average Bonchev–Trinajstić information content (AvgIpc) is 2.77. The number of halogens is 2. The molecule has 2 aromatic rings. The number of hydrogen-bond donors (Lipinski definition) is 1. The maximum atomic E-state index is 12.5. The molecule has 1 aliphatic rings. The van der Waals surface area contributed by atoms with Gasteiger partial charge in [-0.15, -0.1) is 0 Å². The fourth-order valence-electron chi connectivity index (χ4n) is 3.31. The summed E-state index contributed by atoms with van der Waals surface area (Å²) < 4.78 is 34.3. The number of benzene rings is 2. The molecule has 0 heterocycles. The first-order chi connectivity index (χ1) is 14.5. The molecule has 0 saturated carbocycles. The lowest BCUT2D eigenvalue weighted by Crippen LogP contribution is -2.34. The predicted molar refractivity (Wildman–Crippen MR) is 107 cm³/mol. The number of ether oxygens (including phenoxy) is 2. The van der Waals surface area contributed by atoms with Crippen LogP contribution in [0.2, 0.25) is 0 Å². The van der Waals surface area contributed by atoms with Gasteiger partial charge in [-0.2, -0.15) is 8.78 Å². The summed E-state index contributed by atoms with van der Waals surface area (Å²) in [5, 5.41) is 2.85. The summed E-state index contributed by atoms with van der Waals surface area (Å²) in [5.74, 6) is -1.01. The van der Waals surface area contributed by atoms with E-state index in [1.807, 2.05) is 42.5 Å². The summed E-state index contributed by atoms with van der Waals surface area (Å²) in [6.45, 7) is -3.29. The summed E-state index contributed by atoms with van der Waals surface area (Å²) in [6, 6.07) is 14.7. The van der Waals surface area contributed by atoms with Crippen LogP contribution in [0.3, 0.4) is 0 Å². The Morgan fingerprint density at radius 3 is 2.33 bits per heavy atom. The number of esters is 1. The Bertz CT molecular complexity index is 869. The standard InChI is InChI=1S/C23H23F2NO4/c24-23(25)30-19-13-11-17(12-14-19)21(16-7-3-1-4-8-16)26-20(27)15-29-22(28)18-9-5-2-6-10-18/h1-5,7-8,11-14,18,21,23H,6,9-10,15H2,(H,26,27)/t18-,21-/m0/s1. The highest BCUT2D eigenvalue weighted by atomic mass is 19.3. The van der Waals surface area contributed by atoms with Crippen molar-refractivity contribution in [2.24, 2.45) is 5.92 Å². The molecule has 1 aliphatic carbocycles. The largest absolute Gasteiger partial charge is 0.455 e. The highest BCUT2D eigenvalue weighted by Crippen LogP contribution is 2.25. The van der Waals surface area contributed by atoms with E-state index in [0.717, 1.165) is 18.4 Å². The molecular weight excluding hydrogens is 392 g/mol. The van der Waals surface area contributed by atoms with Gasteiger partial charge in [0.2, 0.25) is 0 Å². The van der Waals surface area contributed by atoms with Crippen molar-refractivity contribution >= 4 is 11.9 Å². The van der Waals surface area contributed by atoms with E-state index >= 15 is 0 Å². The fourth-order valence-corrected chi connectivity index (χ4v) is 3.31. The van der Waals surface area contributed by atoms with Gasteiger partial charge in [0.1, 0.15) is 5.75 Å². The van der Waals surface area contributed by atoms with Gasteiger partial charge < -0.3 is 14.8 Å². The Kier molecular flexibility index (Phi) is 7.54. The Morgan fingerprint density at radius 1 is 1.00 bits per heavy atom. The molecule has 0 spiro atoms. The van der Waals surface area contributed by atoms with Crippen molar-refractivity contribution in [3.8, 4) is 5.75 Å². The minimum Gasteiger partial charge on any atom is -0.455 e. The van der Waals surface area contributed by atoms with E-state index in [9.17, 15) is 18.4 Å². The molecule has 1 amide bonds. The zero-order valence-electron chi connectivity index (χ0n) is 16.3. The number of allylic oxidation sites excluding steroid dienone is 2. The average molecular weight is 415 g/mol. The summed E-state index contributed by atoms with van der Waals surface area (Å²) in [7, 11) is 0. The molecule has 2 aromatic carbocycles. The van der Waals surface area contributed by atoms with Gasteiger partial charge in [-0.3, -0.25) is 9.59 Å². The summed E-state index contributed by atoms with van der Waals surface area (Å²) in [6.07, 6.45) is 6.14. The van der Waals surface area contributed by atoms with E-state index in [0.29, 0.717) is 12.0 Å². The van der Waals surface area contributed by atoms with Crippen LogP contribution in [0, 0.1) is 5.92 Å². The third-order valence-corrected chi connectivity index (χ3v) is 4.82. The zero-order valence-corrected chi connectivity index (χ0v) is 16.3. The Labute approximate surface area is 173 Å². The predicted octanol–water partition coefficient (Wildman–Crippen LogP) is 4.39. The molecule has 3 rings (SSSR count). The van der Waals surface area contributed by atoms with Crippen molar-refractivity contribution in [3.63, 3.8) is 0 Å². The Balaban J connectivity index is 1.66. The molecule has 30 heavy (non-hydrogen) atoms. The molecule has 7 heteroatoms. The third-order valence-electron chi connectivity index (χ3n) is 4.82. The van der Waals surface area contributed by atoms with Gasteiger partial charge in [0, 0.05) is 0 Å². The highest BCUT2D eigenvalue weighted by Gasteiger charge is 2.22. The Hall–Kier alpha value is -3.22. The number of carbonyl (C=O) groups is 2. The normalized spacial score (nSPS) is 16.7. The lowest BCUT2D eigenvalue weighted by molar-refractivity contribution is -0.153. The van der Waals surface area contributed by atoms with Crippen molar-refractivity contribution in [2.45, 2.75) is 31.9 Å². The van der Waals surface area contributed by atoms with Crippen LogP contribution in [-0.4, -0.2) is 25.1 Å². The van der Waals surface area contributed by atoms with Gasteiger partial charge in [-0.05, 0) is 42.5 Å². The quantitative estimate of drug-likeness (QED) is 0.513. The maximum absolute atomic E-state index is 12.5. The van der Waals surface area contributed by atoms with Crippen LogP contribution < -0.4 is 10.1 Å². The molecule has 0 fully saturated rings. The van der Waals surface area contributed by atoms with E-state index < -0.39 is 18.6 Å². The second kappa shape index (κ2) is 10.5. The first kappa shape index (κ1) is 21.5. The monoisotopic (exact) mass is 415 g/mol. The van der Waals surface area contributed by atoms with Gasteiger partial charge in [0.15, 0.2) is 6.61 Å². The topological polar surface area (TPSA) is 64.6 Å². The molecule has 5 nitrogen and oxygen atoms in total. The van der Waals surface area contributed by atoms with E-state index in [1.165, 1.54) is 12.1 Å². The summed E-state index contributed by atoms with van der Waals surface area (Å²) in [5.41, 5.74) is 1.48. The molecule has 1 N–H and O–H groups in total. The number of nitrogens with one attached hydrogen (secondary N) is 1. The van der Waals surface area contributed by atoms with Crippen LogP contribution >= 0.6 is 0 Å². The van der Waals surface area contributed by atoms with Crippen molar-refractivity contribution in [2.75, 3.05) is 6.61 Å². The smallest absolute Gasteiger partial charge is 0.387 e. The fraction of sp³-hybridized carbons (Fsp3) is 0.304. The van der Waals surface area contributed by atoms with Gasteiger partial charge in [-0.25, -0.2) is 0 Å². The van der Waals surface area contributed by atoms with Crippen molar-refractivity contribution in [3.05, 3.63) is 77.9 Å². The molecular formula is C23H23F2NO4. The molecule has 0 aliphatic heterocycles. The van der Waals surface area contributed by atoms with Crippen LogP contribution in [-0.2, 0) is 14.3 Å². The molecule has 0 radical (unpaired) electrons. The van der Waals surface area contributed by atoms with Gasteiger partial charge in [-0.1, -0.05) is 54.6 Å². The van der Waals surface area contributed by atoms with Crippen molar-refractivity contribution in [1.29, 1.82) is 0 Å². The number of amides is 1. The third kappa shape index (κ3) is 6.14. The van der Waals surface area contributed by atoms with Crippen LogP contribution in [0.4, 0.5) is 8.78 Å². The van der Waals surface area contributed by atoms with Crippen LogP contribution in [0.1, 0.15) is 36.4 Å². The number of rotatable bonds is 8. The number of alkyl halides is 2. The lowest BCUT2D eigenvalue weighted by Gasteiger charge is -2.21. The van der Waals surface area contributed by atoms with E-state index in [-0.39, 0.29) is 24.2 Å². The Morgan fingerprint density at radius 2 is 1.70 bits per heavy atom. The molecule has 0 unspecified atom stereocenters. The van der Waals surface area contributed by atoms with Gasteiger partial charge >= 0.3 is 12.6 Å². The number of hydrogen-bond acceptors (Lipinski definition) is 4. The van der Waals surface area contributed by atoms with Crippen LogP contribution in [0.5, 0.6) is 5.75 Å². The molecule has 2 atom stereocenters. The van der Waals surface area contributed by atoms with Gasteiger partial charge in [0.25, 0.3) is 5.91 Å². The van der Waals surface area contributed by atoms with Gasteiger partial charge in [0.05, 0.1) is 12.0 Å². The molecule has 158 valence electrons. The van der Waals surface area contributed by atoms with E-state index in [4.69, 9.17) is 4.74 Å². The van der Waals surface area contributed by atoms with Crippen molar-refractivity contribution < 1.29 is 27.8 Å². The van der Waals surface area contributed by atoms with Crippen LogP contribution in [0.15, 0.2) is 66.7 Å². The highest BCUT2D eigenvalue weighted by molar-refractivity contribution is 5.82. The second-order valence-corrected chi connectivity index (χ2v) is 6.95. The second-order valence-electron chi connectivity index (χ2n) is 6.95. The minimum atomic E-state index is -2.91. The van der Waals surface area contributed by atoms with E-state index in [2.05, 4.69) is 10.1 Å². The maximum Gasteiger partial charge on any atom is 0.387 e. The zero-order chi connectivity index (χ0) is 21.3. The van der Waals surface area contributed by atoms with Crippen molar-refractivity contribution in [1.82, 2.24) is 5.32 Å². The lowest BCUT2D eigenvalue weighted by atomic mass is 9.95. The molecule has 0 bridgehead atoms. The SMILES string of the molecule is O=C(COC(=O)[C@H]1CC=CCC1)N[C@@H](c1ccccc1)c1ccc(OC(F)F)cc1. The first-order valence-corrected chi connectivity index (χ1v) is 9.73. The minimum absolute atomic E-state index is 0.0300. The first-order valence-electron chi connectivity index (χ1n) is 9.73. The number of carbonyl (C=O) groups excluding carboxylic acids is 2. The summed E-state index contributed by atoms with van der Waals surface area (Å²) in [4.78, 5) is 24.6. The summed E-state index contributed by atoms with van der Waals surface area (Å²) >= 11 is 0. The van der Waals surface area contributed by atoms with E-state index in [1.54, 1.807) is 12.1 Å². The molecule has 0 saturated heterocycles. The van der Waals surface area contributed by atoms with Crippen LogP contribution in [0.25, 0.3) is 0 Å². The molecule has 0 aromatic heterocycles.